The lowest BCUT2D eigenvalue weighted by Gasteiger charge is -2.22. The minimum Gasteiger partial charge on any atom is -0.465 e. The number of nitrogens with one attached hydrogen (secondary N) is 1. The Bertz CT molecular complexity index is 851. The Hall–Kier alpha value is -1.60. The van der Waals surface area contributed by atoms with Crippen molar-refractivity contribution < 1.29 is 14.3 Å². The summed E-state index contributed by atoms with van der Waals surface area (Å²) in [6, 6.07) is 4.67. The second-order valence-corrected chi connectivity index (χ2v) is 7.71. The van der Waals surface area contributed by atoms with Crippen molar-refractivity contribution >= 4 is 51.4 Å². The fourth-order valence-electron chi connectivity index (χ4n) is 2.78. The first kappa shape index (κ1) is 18.2. The van der Waals surface area contributed by atoms with Gasteiger partial charge in [-0.1, -0.05) is 23.2 Å². The van der Waals surface area contributed by atoms with Gasteiger partial charge in [-0.15, -0.1) is 11.3 Å². The number of carbonyl (C=O) groups excluding carboxylic acids is 2. The van der Waals surface area contributed by atoms with E-state index >= 15 is 0 Å². The number of amides is 1. The predicted octanol–water partition coefficient (Wildman–Crippen LogP) is 4.08. The monoisotopic (exact) mass is 398 g/mol. The first-order chi connectivity index (χ1) is 11.9. The first-order valence-corrected chi connectivity index (χ1v) is 9.15. The zero-order chi connectivity index (χ0) is 18.1. The summed E-state index contributed by atoms with van der Waals surface area (Å²) in [6.45, 7) is 1.58. The molecule has 5 nitrogen and oxygen atoms in total. The molecule has 8 heteroatoms. The number of esters is 1. The zero-order valence-electron chi connectivity index (χ0n) is 13.7. The zero-order valence-corrected chi connectivity index (χ0v) is 16.0. The van der Waals surface area contributed by atoms with E-state index < -0.39 is 11.9 Å². The molecule has 1 aromatic heterocycles. The number of rotatable bonds is 3. The summed E-state index contributed by atoms with van der Waals surface area (Å²) in [4.78, 5) is 28.1. The Balaban J connectivity index is 1.98. The maximum absolute atomic E-state index is 12.6. The van der Waals surface area contributed by atoms with Gasteiger partial charge in [-0.3, -0.25) is 4.79 Å². The summed E-state index contributed by atoms with van der Waals surface area (Å²) in [6.07, 6.45) is 0.737. The van der Waals surface area contributed by atoms with Gasteiger partial charge in [-0.05, 0) is 37.2 Å². The van der Waals surface area contributed by atoms with Gasteiger partial charge in [0.2, 0.25) is 0 Å². The SMILES string of the molecule is COC(=O)c1c(NC(=O)c2cc(Cl)ccc2Cl)sc2c1CCN(C)C2. The summed E-state index contributed by atoms with van der Waals surface area (Å²) < 4.78 is 4.91. The van der Waals surface area contributed by atoms with Gasteiger partial charge in [0, 0.05) is 23.0 Å². The smallest absolute Gasteiger partial charge is 0.341 e. The van der Waals surface area contributed by atoms with Gasteiger partial charge in [0.25, 0.3) is 5.91 Å². The van der Waals surface area contributed by atoms with Crippen LogP contribution in [0.4, 0.5) is 5.00 Å². The van der Waals surface area contributed by atoms with E-state index in [1.165, 1.54) is 24.5 Å². The number of benzene rings is 1. The van der Waals surface area contributed by atoms with Gasteiger partial charge in [-0.25, -0.2) is 4.79 Å². The molecular formula is C17H16Cl2N2O3S. The van der Waals surface area contributed by atoms with Gasteiger partial charge in [0.1, 0.15) is 5.00 Å². The number of carbonyl (C=O) groups is 2. The molecule has 1 aromatic carbocycles. The summed E-state index contributed by atoms with van der Waals surface area (Å²) in [7, 11) is 3.35. The summed E-state index contributed by atoms with van der Waals surface area (Å²) in [5, 5.41) is 3.99. The van der Waals surface area contributed by atoms with Crippen molar-refractivity contribution in [3.63, 3.8) is 0 Å². The molecule has 1 aliphatic heterocycles. The van der Waals surface area contributed by atoms with Crippen molar-refractivity contribution in [2.75, 3.05) is 26.0 Å². The third kappa shape index (κ3) is 3.67. The van der Waals surface area contributed by atoms with E-state index in [4.69, 9.17) is 27.9 Å². The molecule has 0 spiro atoms. The van der Waals surface area contributed by atoms with E-state index in [1.54, 1.807) is 12.1 Å². The van der Waals surface area contributed by atoms with Crippen molar-refractivity contribution in [3.05, 3.63) is 49.8 Å². The highest BCUT2D eigenvalue weighted by Crippen LogP contribution is 2.37. The molecule has 1 aliphatic rings. The van der Waals surface area contributed by atoms with Crippen LogP contribution in [-0.4, -0.2) is 37.5 Å². The van der Waals surface area contributed by atoms with Crippen LogP contribution in [0.15, 0.2) is 18.2 Å². The van der Waals surface area contributed by atoms with Gasteiger partial charge < -0.3 is 15.0 Å². The van der Waals surface area contributed by atoms with Crippen LogP contribution in [-0.2, 0) is 17.7 Å². The Labute approximate surface area is 159 Å². The average molecular weight is 399 g/mol. The maximum atomic E-state index is 12.6. The number of ether oxygens (including phenoxy) is 1. The molecule has 0 aliphatic carbocycles. The molecule has 2 heterocycles. The lowest BCUT2D eigenvalue weighted by molar-refractivity contribution is 0.0600. The molecule has 0 unspecified atom stereocenters. The van der Waals surface area contributed by atoms with E-state index in [-0.39, 0.29) is 5.56 Å². The highest BCUT2D eigenvalue weighted by molar-refractivity contribution is 7.17. The summed E-state index contributed by atoms with van der Waals surface area (Å²) in [5.41, 5.74) is 1.64. The van der Waals surface area contributed by atoms with E-state index in [1.807, 2.05) is 7.05 Å². The highest BCUT2D eigenvalue weighted by Gasteiger charge is 2.28. The highest BCUT2D eigenvalue weighted by atomic mass is 35.5. The van der Waals surface area contributed by atoms with Crippen LogP contribution in [0.3, 0.4) is 0 Å². The third-order valence-corrected chi connectivity index (χ3v) is 5.73. The third-order valence-electron chi connectivity index (χ3n) is 4.04. The van der Waals surface area contributed by atoms with E-state index in [0.717, 1.165) is 30.0 Å². The number of hydrogen-bond acceptors (Lipinski definition) is 5. The maximum Gasteiger partial charge on any atom is 0.341 e. The fourth-order valence-corrected chi connectivity index (χ4v) is 4.47. The minimum absolute atomic E-state index is 0.258. The number of fused-ring (bicyclic) bond motifs is 1. The second kappa shape index (κ2) is 7.33. The number of thiophene rings is 1. The number of anilines is 1. The average Bonchev–Trinajstić information content (AvgIpc) is 2.93. The molecule has 1 amide bonds. The molecule has 0 atom stereocenters. The Morgan fingerprint density at radius 2 is 2.08 bits per heavy atom. The molecule has 0 saturated heterocycles. The number of likely N-dealkylation sites (N-methyl/N-ethyl adjacent to an activating group) is 1. The largest absolute Gasteiger partial charge is 0.465 e. The van der Waals surface area contributed by atoms with Crippen LogP contribution in [0, 0.1) is 0 Å². The van der Waals surface area contributed by atoms with Crippen LogP contribution in [0.25, 0.3) is 0 Å². The lowest BCUT2D eigenvalue weighted by atomic mass is 10.0. The molecule has 2 aromatic rings. The van der Waals surface area contributed by atoms with Gasteiger partial charge in [0.05, 0.1) is 23.3 Å². The number of methoxy groups -OCH3 is 1. The van der Waals surface area contributed by atoms with Crippen LogP contribution < -0.4 is 5.32 Å². The minimum atomic E-state index is -0.449. The standard InChI is InChI=1S/C17H16Cl2N2O3S/c1-21-6-5-10-13(8-21)25-16(14(10)17(23)24-2)20-15(22)11-7-9(18)3-4-12(11)19/h3-4,7H,5-6,8H2,1-2H3,(H,20,22). The van der Waals surface area contributed by atoms with Crippen LogP contribution in [0.5, 0.6) is 0 Å². The van der Waals surface area contributed by atoms with Crippen molar-refractivity contribution in [2.24, 2.45) is 0 Å². The number of nitrogens with zero attached hydrogens (tertiary/aromatic N) is 1. The normalized spacial score (nSPS) is 14.1. The summed E-state index contributed by atoms with van der Waals surface area (Å²) >= 11 is 13.4. The molecule has 0 fully saturated rings. The van der Waals surface area contributed by atoms with Crippen molar-refractivity contribution in [1.29, 1.82) is 0 Å². The molecule has 3 rings (SSSR count). The van der Waals surface area contributed by atoms with E-state index in [0.29, 0.717) is 20.6 Å². The van der Waals surface area contributed by atoms with Gasteiger partial charge in [0.15, 0.2) is 0 Å². The van der Waals surface area contributed by atoms with Crippen molar-refractivity contribution in [1.82, 2.24) is 4.90 Å². The Morgan fingerprint density at radius 3 is 2.80 bits per heavy atom. The van der Waals surface area contributed by atoms with Gasteiger partial charge in [-0.2, -0.15) is 0 Å². The molecule has 0 radical (unpaired) electrons. The molecular weight excluding hydrogens is 383 g/mol. The lowest BCUT2D eigenvalue weighted by Crippen LogP contribution is -2.26. The predicted molar refractivity (Wildman–Crippen MR) is 100 cm³/mol. The molecule has 0 saturated carbocycles. The molecule has 1 N–H and O–H groups in total. The second-order valence-electron chi connectivity index (χ2n) is 5.77. The Morgan fingerprint density at radius 1 is 1.32 bits per heavy atom. The van der Waals surface area contributed by atoms with Crippen LogP contribution in [0.1, 0.15) is 31.2 Å². The van der Waals surface area contributed by atoms with Gasteiger partial charge >= 0.3 is 5.97 Å². The summed E-state index contributed by atoms with van der Waals surface area (Å²) in [5.74, 6) is -0.862. The van der Waals surface area contributed by atoms with Crippen LogP contribution >= 0.6 is 34.5 Å². The molecule has 132 valence electrons. The fraction of sp³-hybridized carbons (Fsp3) is 0.294. The van der Waals surface area contributed by atoms with Crippen LogP contribution in [0.2, 0.25) is 10.0 Å². The van der Waals surface area contributed by atoms with E-state index in [2.05, 4.69) is 10.2 Å². The van der Waals surface area contributed by atoms with E-state index in [9.17, 15) is 9.59 Å². The molecule has 0 bridgehead atoms. The topological polar surface area (TPSA) is 58.6 Å². The molecule has 25 heavy (non-hydrogen) atoms. The quantitative estimate of drug-likeness (QED) is 0.791. The number of halogens is 2. The number of hydrogen-bond donors (Lipinski definition) is 1. The van der Waals surface area contributed by atoms with Crippen molar-refractivity contribution in [2.45, 2.75) is 13.0 Å². The van der Waals surface area contributed by atoms with Crippen molar-refractivity contribution in [3.8, 4) is 0 Å². The Kier molecular flexibility index (Phi) is 5.34. The first-order valence-electron chi connectivity index (χ1n) is 7.58.